The maximum atomic E-state index is 11.7. The van der Waals surface area contributed by atoms with Crippen molar-refractivity contribution in [1.29, 1.82) is 0 Å². The Labute approximate surface area is 140 Å². The maximum Gasteiger partial charge on any atom is 0.145 e. The molecule has 0 bridgehead atoms. The molecule has 1 aromatic heterocycles. The van der Waals surface area contributed by atoms with E-state index in [-0.39, 0.29) is 5.75 Å². The maximum absolute atomic E-state index is 11.7. The molecule has 0 spiro atoms. The minimum atomic E-state index is -4.71. The number of benzene rings is 2. The monoisotopic (exact) mass is 343 g/mol. The van der Waals surface area contributed by atoms with Crippen LogP contribution in [-0.2, 0) is 10.1 Å². The van der Waals surface area contributed by atoms with Gasteiger partial charge in [0.1, 0.15) is 21.6 Å². The summed E-state index contributed by atoms with van der Waals surface area (Å²) in [5.74, 6) is 0.433. The van der Waals surface area contributed by atoms with Crippen molar-refractivity contribution in [2.75, 3.05) is 0 Å². The van der Waals surface area contributed by atoms with Crippen LogP contribution in [0.1, 0.15) is 11.4 Å². The lowest BCUT2D eigenvalue weighted by Crippen LogP contribution is -2.05. The number of hydrogen-bond donors (Lipinski definition) is 0. The average molecular weight is 343 g/mol. The number of rotatable bonds is 4. The van der Waals surface area contributed by atoms with Crippen LogP contribution in [0.4, 0.5) is 0 Å². The van der Waals surface area contributed by atoms with E-state index in [4.69, 9.17) is 4.74 Å². The normalized spacial score (nSPS) is 11.5. The number of aryl methyl sites for hydroxylation is 2. The van der Waals surface area contributed by atoms with Gasteiger partial charge in [0.05, 0.1) is 16.3 Å². The van der Waals surface area contributed by atoms with Gasteiger partial charge >= 0.3 is 0 Å². The van der Waals surface area contributed by atoms with Crippen LogP contribution in [0.25, 0.3) is 5.69 Å². The fourth-order valence-electron chi connectivity index (χ4n) is 2.41. The molecule has 0 amide bonds. The molecule has 124 valence electrons. The Morgan fingerprint density at radius 2 is 1.75 bits per heavy atom. The lowest BCUT2D eigenvalue weighted by molar-refractivity contribution is 0.440. The molecule has 0 radical (unpaired) electrons. The number of hydrogen-bond acceptors (Lipinski definition) is 5. The molecule has 7 heteroatoms. The molecule has 0 unspecified atom stereocenters. The number of nitrogens with zero attached hydrogens (tertiary/aromatic N) is 2. The second kappa shape index (κ2) is 6.10. The average Bonchev–Trinajstić information content (AvgIpc) is 2.86. The summed E-state index contributed by atoms with van der Waals surface area (Å²) in [6.45, 7) is 3.68. The fourth-order valence-corrected chi connectivity index (χ4v) is 3.04. The van der Waals surface area contributed by atoms with Crippen LogP contribution >= 0.6 is 0 Å². The molecular formula is C17H15N2O4S-. The van der Waals surface area contributed by atoms with Crippen LogP contribution in [0.3, 0.4) is 0 Å². The van der Waals surface area contributed by atoms with Crippen molar-refractivity contribution >= 4 is 10.1 Å². The first-order chi connectivity index (χ1) is 11.3. The predicted octanol–water partition coefficient (Wildman–Crippen LogP) is 3.19. The number of ether oxygens (including phenoxy) is 1. The van der Waals surface area contributed by atoms with E-state index in [1.54, 1.807) is 35.0 Å². The highest BCUT2D eigenvalue weighted by Crippen LogP contribution is 2.30. The van der Waals surface area contributed by atoms with Gasteiger partial charge in [-0.15, -0.1) is 0 Å². The second-order valence-corrected chi connectivity index (χ2v) is 6.69. The molecule has 0 aliphatic rings. The van der Waals surface area contributed by atoms with Gasteiger partial charge in [-0.1, -0.05) is 18.2 Å². The molecule has 0 fully saturated rings. The van der Waals surface area contributed by atoms with E-state index >= 15 is 0 Å². The van der Waals surface area contributed by atoms with Gasteiger partial charge in [-0.3, -0.25) is 0 Å². The van der Waals surface area contributed by atoms with Gasteiger partial charge in [0.25, 0.3) is 0 Å². The largest absolute Gasteiger partial charge is 0.744 e. The predicted molar refractivity (Wildman–Crippen MR) is 87.5 cm³/mol. The SMILES string of the molecule is Cc1cc(C)n(-c2ccc(Oc3ccccc3)c(S(=O)(=O)[O-])c2)n1. The highest BCUT2D eigenvalue weighted by atomic mass is 32.2. The van der Waals surface area contributed by atoms with Crippen LogP contribution in [0.2, 0.25) is 0 Å². The smallest absolute Gasteiger partial charge is 0.145 e. The van der Waals surface area contributed by atoms with E-state index in [2.05, 4.69) is 5.10 Å². The highest BCUT2D eigenvalue weighted by Gasteiger charge is 2.14. The van der Waals surface area contributed by atoms with Crippen molar-refractivity contribution in [3.63, 3.8) is 0 Å². The van der Waals surface area contributed by atoms with Gasteiger partial charge in [-0.2, -0.15) is 5.10 Å². The third kappa shape index (κ3) is 3.32. The Kier molecular flexibility index (Phi) is 4.13. The van der Waals surface area contributed by atoms with E-state index in [9.17, 15) is 13.0 Å². The minimum Gasteiger partial charge on any atom is -0.744 e. The van der Waals surface area contributed by atoms with Crippen LogP contribution in [0.15, 0.2) is 59.5 Å². The Hall–Kier alpha value is -2.64. The zero-order valence-electron chi connectivity index (χ0n) is 13.1. The zero-order valence-corrected chi connectivity index (χ0v) is 13.9. The van der Waals surface area contributed by atoms with Crippen LogP contribution < -0.4 is 4.74 Å². The molecule has 6 nitrogen and oxygen atoms in total. The van der Waals surface area contributed by atoms with Crippen LogP contribution in [0, 0.1) is 13.8 Å². The molecule has 0 aliphatic heterocycles. The van der Waals surface area contributed by atoms with Gasteiger partial charge < -0.3 is 9.29 Å². The summed E-state index contributed by atoms with van der Waals surface area (Å²) in [6, 6.07) is 14.9. The van der Waals surface area contributed by atoms with Gasteiger partial charge in [0.15, 0.2) is 0 Å². The van der Waals surface area contributed by atoms with E-state index < -0.39 is 15.0 Å². The minimum absolute atomic E-state index is 0.0125. The first-order valence-corrected chi connectivity index (χ1v) is 8.62. The Morgan fingerprint density at radius 1 is 1.04 bits per heavy atom. The molecule has 3 aromatic rings. The van der Waals surface area contributed by atoms with Gasteiger partial charge in [-0.25, -0.2) is 13.1 Å². The van der Waals surface area contributed by atoms with Gasteiger partial charge in [0.2, 0.25) is 0 Å². The van der Waals surface area contributed by atoms with Gasteiger partial charge in [-0.05, 0) is 50.2 Å². The quantitative estimate of drug-likeness (QED) is 0.679. The van der Waals surface area contributed by atoms with Crippen LogP contribution in [-0.4, -0.2) is 22.8 Å². The molecule has 24 heavy (non-hydrogen) atoms. The Bertz CT molecular complexity index is 979. The van der Waals surface area contributed by atoms with E-state index in [0.29, 0.717) is 11.4 Å². The van der Waals surface area contributed by atoms with E-state index in [1.807, 2.05) is 26.0 Å². The van der Waals surface area contributed by atoms with Crippen molar-refractivity contribution < 1.29 is 17.7 Å². The van der Waals surface area contributed by atoms with E-state index in [0.717, 1.165) is 11.4 Å². The number of para-hydroxylation sites is 1. The molecule has 0 atom stereocenters. The highest BCUT2D eigenvalue weighted by molar-refractivity contribution is 7.85. The number of aromatic nitrogens is 2. The summed E-state index contributed by atoms with van der Waals surface area (Å²) in [4.78, 5) is -0.420. The van der Waals surface area contributed by atoms with Crippen molar-refractivity contribution in [2.45, 2.75) is 18.7 Å². The van der Waals surface area contributed by atoms with Crippen molar-refractivity contribution in [3.05, 3.63) is 66.0 Å². The first kappa shape index (κ1) is 16.2. The molecule has 1 heterocycles. The molecule has 0 N–H and O–H groups in total. The van der Waals surface area contributed by atoms with Crippen LogP contribution in [0.5, 0.6) is 11.5 Å². The summed E-state index contributed by atoms with van der Waals surface area (Å²) < 4.78 is 42.1. The third-order valence-electron chi connectivity index (χ3n) is 3.42. The first-order valence-electron chi connectivity index (χ1n) is 7.21. The molecule has 2 aromatic carbocycles. The third-order valence-corrected chi connectivity index (χ3v) is 4.28. The van der Waals surface area contributed by atoms with Crippen molar-refractivity contribution in [1.82, 2.24) is 9.78 Å². The fraction of sp³-hybridized carbons (Fsp3) is 0.118. The molecule has 0 aliphatic carbocycles. The molecule has 0 saturated heterocycles. The lowest BCUT2D eigenvalue weighted by atomic mass is 10.3. The summed E-state index contributed by atoms with van der Waals surface area (Å²) in [5, 5.41) is 4.30. The standard InChI is InChI=1S/C17H16N2O4S/c1-12-10-13(2)19(18-12)14-8-9-16(17(11-14)24(20,21)22)23-15-6-4-3-5-7-15/h3-11H,1-2H3,(H,20,21,22)/p-1. The Morgan fingerprint density at radius 3 is 2.33 bits per heavy atom. The molecule has 0 saturated carbocycles. The summed E-state index contributed by atoms with van der Waals surface area (Å²) in [5.41, 5.74) is 2.11. The summed E-state index contributed by atoms with van der Waals surface area (Å²) in [6.07, 6.45) is 0. The second-order valence-electron chi connectivity index (χ2n) is 5.34. The lowest BCUT2D eigenvalue weighted by Gasteiger charge is -2.16. The summed E-state index contributed by atoms with van der Waals surface area (Å²) >= 11 is 0. The molecular weight excluding hydrogens is 328 g/mol. The van der Waals surface area contributed by atoms with E-state index in [1.165, 1.54) is 12.1 Å². The van der Waals surface area contributed by atoms with Crippen molar-refractivity contribution in [2.24, 2.45) is 0 Å². The topological polar surface area (TPSA) is 84.2 Å². The summed E-state index contributed by atoms with van der Waals surface area (Å²) in [7, 11) is -4.71. The van der Waals surface area contributed by atoms with Gasteiger partial charge in [0, 0.05) is 5.69 Å². The Balaban J connectivity index is 2.10. The van der Waals surface area contributed by atoms with Crippen molar-refractivity contribution in [3.8, 4) is 17.2 Å². The molecule has 3 rings (SSSR count). The zero-order chi connectivity index (χ0) is 17.3.